The van der Waals surface area contributed by atoms with Crippen molar-refractivity contribution in [1.82, 2.24) is 0 Å². The van der Waals surface area contributed by atoms with Gasteiger partial charge in [0.1, 0.15) is 0 Å². The first kappa shape index (κ1) is 14.1. The third-order valence-corrected chi connectivity index (χ3v) is 3.30. The molecule has 0 bridgehead atoms. The van der Waals surface area contributed by atoms with Crippen LogP contribution in [0.4, 0.5) is 0 Å². The highest BCUT2D eigenvalue weighted by molar-refractivity contribution is 6.70. The van der Waals surface area contributed by atoms with Crippen molar-refractivity contribution in [3.8, 4) is 0 Å². The van der Waals surface area contributed by atoms with Crippen molar-refractivity contribution in [2.45, 2.75) is 46.3 Å². The second-order valence-electron chi connectivity index (χ2n) is 5.43. The number of rotatable bonds is 4. The molecule has 0 aliphatic heterocycles. The van der Waals surface area contributed by atoms with Gasteiger partial charge in [-0.1, -0.05) is 18.2 Å². The zero-order valence-electron chi connectivity index (χ0n) is 11.7. The molecule has 0 heterocycles. The Hall–Kier alpha value is -0.963. The molecule has 0 unspecified atom stereocenters. The minimum atomic E-state index is -1.63. The molecule has 1 aliphatic rings. The molecular weight excluding hydrogens is 228 g/mol. The largest absolute Gasteiger partial charge is 0.519 e. The highest BCUT2D eigenvalue weighted by atomic mass is 28.4. The van der Waals surface area contributed by atoms with Crippen LogP contribution in [0, 0.1) is 0 Å². The SMILES string of the molecule is C=C1C=C(C)CC/C1=C(\OCC)O[Si](C)(C)C. The van der Waals surface area contributed by atoms with Crippen LogP contribution in [0.15, 0.2) is 35.3 Å². The predicted octanol–water partition coefficient (Wildman–Crippen LogP) is 4.38. The fourth-order valence-corrected chi connectivity index (χ4v) is 2.50. The van der Waals surface area contributed by atoms with Crippen LogP contribution in [-0.2, 0) is 9.16 Å². The Balaban J connectivity index is 2.99. The molecule has 0 atom stereocenters. The van der Waals surface area contributed by atoms with E-state index >= 15 is 0 Å². The van der Waals surface area contributed by atoms with E-state index in [9.17, 15) is 0 Å². The van der Waals surface area contributed by atoms with Crippen molar-refractivity contribution >= 4 is 8.32 Å². The van der Waals surface area contributed by atoms with E-state index in [-0.39, 0.29) is 0 Å². The Morgan fingerprint density at radius 3 is 2.47 bits per heavy atom. The van der Waals surface area contributed by atoms with E-state index in [2.05, 4.69) is 39.2 Å². The molecule has 0 radical (unpaired) electrons. The lowest BCUT2D eigenvalue weighted by atomic mass is 9.92. The van der Waals surface area contributed by atoms with Gasteiger partial charge in [-0.3, -0.25) is 0 Å². The summed E-state index contributed by atoms with van der Waals surface area (Å²) in [5, 5.41) is 0. The van der Waals surface area contributed by atoms with Gasteiger partial charge in [-0.05, 0) is 51.9 Å². The maximum atomic E-state index is 6.03. The molecule has 0 fully saturated rings. The first-order valence-corrected chi connectivity index (χ1v) is 9.65. The Morgan fingerprint density at radius 2 is 2.00 bits per heavy atom. The first-order chi connectivity index (χ1) is 7.83. The second-order valence-corrected chi connectivity index (χ2v) is 9.86. The summed E-state index contributed by atoms with van der Waals surface area (Å²) < 4.78 is 11.7. The fraction of sp³-hybridized carbons (Fsp3) is 0.571. The van der Waals surface area contributed by atoms with E-state index in [0.717, 1.165) is 24.0 Å². The molecule has 0 amide bonds. The lowest BCUT2D eigenvalue weighted by Gasteiger charge is -2.26. The Labute approximate surface area is 106 Å². The average molecular weight is 252 g/mol. The third kappa shape index (κ3) is 4.42. The molecule has 0 aromatic carbocycles. The van der Waals surface area contributed by atoms with E-state index in [1.807, 2.05) is 6.92 Å². The first-order valence-electron chi connectivity index (χ1n) is 6.25. The van der Waals surface area contributed by atoms with Gasteiger partial charge in [0.2, 0.25) is 8.32 Å². The molecule has 96 valence electrons. The summed E-state index contributed by atoms with van der Waals surface area (Å²) in [7, 11) is -1.63. The van der Waals surface area contributed by atoms with Crippen LogP contribution in [0.2, 0.25) is 19.6 Å². The molecule has 0 spiro atoms. The van der Waals surface area contributed by atoms with E-state index in [1.165, 1.54) is 5.57 Å². The molecule has 0 saturated carbocycles. The molecule has 0 aromatic rings. The van der Waals surface area contributed by atoms with Crippen LogP contribution in [0.5, 0.6) is 0 Å². The van der Waals surface area contributed by atoms with Crippen molar-refractivity contribution in [1.29, 1.82) is 0 Å². The lowest BCUT2D eigenvalue weighted by molar-refractivity contribution is 0.107. The van der Waals surface area contributed by atoms with Crippen molar-refractivity contribution in [3.63, 3.8) is 0 Å². The molecule has 17 heavy (non-hydrogen) atoms. The minimum Gasteiger partial charge on any atom is -0.519 e. The molecular formula is C14H24O2Si. The van der Waals surface area contributed by atoms with Crippen LogP contribution in [0.25, 0.3) is 0 Å². The van der Waals surface area contributed by atoms with E-state index in [0.29, 0.717) is 12.6 Å². The van der Waals surface area contributed by atoms with Gasteiger partial charge in [0, 0.05) is 5.57 Å². The van der Waals surface area contributed by atoms with Gasteiger partial charge < -0.3 is 9.16 Å². The maximum Gasteiger partial charge on any atom is 0.269 e. The highest BCUT2D eigenvalue weighted by Crippen LogP contribution is 2.30. The molecule has 2 nitrogen and oxygen atoms in total. The maximum absolute atomic E-state index is 6.03. The number of ether oxygens (including phenoxy) is 1. The molecule has 3 heteroatoms. The van der Waals surface area contributed by atoms with Crippen molar-refractivity contribution in [2.75, 3.05) is 6.61 Å². The van der Waals surface area contributed by atoms with Crippen molar-refractivity contribution in [3.05, 3.63) is 35.3 Å². The Bertz CT molecular complexity index is 359. The summed E-state index contributed by atoms with van der Waals surface area (Å²) >= 11 is 0. The summed E-state index contributed by atoms with van der Waals surface area (Å²) in [6, 6.07) is 0. The van der Waals surface area contributed by atoms with Gasteiger partial charge in [0.15, 0.2) is 0 Å². The molecule has 0 N–H and O–H groups in total. The van der Waals surface area contributed by atoms with Crippen LogP contribution < -0.4 is 0 Å². The van der Waals surface area contributed by atoms with Gasteiger partial charge in [-0.15, -0.1) is 0 Å². The summed E-state index contributed by atoms with van der Waals surface area (Å²) in [6.07, 6.45) is 4.17. The van der Waals surface area contributed by atoms with Crippen LogP contribution in [0.3, 0.4) is 0 Å². The summed E-state index contributed by atoms with van der Waals surface area (Å²) in [5.74, 6) is 0.709. The van der Waals surface area contributed by atoms with Crippen LogP contribution in [0.1, 0.15) is 26.7 Å². The standard InChI is InChI=1S/C14H24O2Si/c1-7-15-14(16-17(4,5)6)13-9-8-11(2)10-12(13)3/h10H,3,7-9H2,1-2,4-6H3/b14-13-. The van der Waals surface area contributed by atoms with Crippen LogP contribution in [-0.4, -0.2) is 14.9 Å². The topological polar surface area (TPSA) is 18.5 Å². The fourth-order valence-electron chi connectivity index (χ4n) is 1.76. The van der Waals surface area contributed by atoms with Gasteiger partial charge in [0.25, 0.3) is 5.95 Å². The molecule has 0 saturated heterocycles. The number of allylic oxidation sites excluding steroid dienone is 4. The smallest absolute Gasteiger partial charge is 0.269 e. The van der Waals surface area contributed by atoms with Gasteiger partial charge in [0.05, 0.1) is 6.61 Å². The summed E-state index contributed by atoms with van der Waals surface area (Å²) in [6.45, 7) is 15.4. The summed E-state index contributed by atoms with van der Waals surface area (Å²) in [4.78, 5) is 0. The molecule has 1 rings (SSSR count). The molecule has 0 aromatic heterocycles. The van der Waals surface area contributed by atoms with Crippen LogP contribution >= 0.6 is 0 Å². The van der Waals surface area contributed by atoms with Gasteiger partial charge >= 0.3 is 0 Å². The van der Waals surface area contributed by atoms with Gasteiger partial charge in [-0.25, -0.2) is 0 Å². The summed E-state index contributed by atoms with van der Waals surface area (Å²) in [5.41, 5.74) is 3.55. The van der Waals surface area contributed by atoms with E-state index in [1.54, 1.807) is 0 Å². The number of hydrogen-bond acceptors (Lipinski definition) is 2. The number of hydrogen-bond donors (Lipinski definition) is 0. The predicted molar refractivity (Wildman–Crippen MR) is 75.2 cm³/mol. The quantitative estimate of drug-likeness (QED) is 0.546. The monoisotopic (exact) mass is 252 g/mol. The van der Waals surface area contributed by atoms with Crippen molar-refractivity contribution < 1.29 is 9.16 Å². The second kappa shape index (κ2) is 5.58. The Morgan fingerprint density at radius 1 is 1.35 bits per heavy atom. The lowest BCUT2D eigenvalue weighted by Crippen LogP contribution is -2.26. The zero-order valence-corrected chi connectivity index (χ0v) is 12.7. The normalized spacial score (nSPS) is 19.8. The highest BCUT2D eigenvalue weighted by Gasteiger charge is 2.23. The average Bonchev–Trinajstić information content (AvgIpc) is 2.14. The minimum absolute atomic E-state index is 0.638. The van der Waals surface area contributed by atoms with Crippen molar-refractivity contribution in [2.24, 2.45) is 0 Å². The van der Waals surface area contributed by atoms with Gasteiger partial charge in [-0.2, -0.15) is 0 Å². The Kier molecular flexibility index (Phi) is 4.63. The van der Waals surface area contributed by atoms with E-state index < -0.39 is 8.32 Å². The van der Waals surface area contributed by atoms with E-state index in [4.69, 9.17) is 9.16 Å². The third-order valence-electron chi connectivity index (χ3n) is 2.50. The zero-order chi connectivity index (χ0) is 13.1. The molecule has 1 aliphatic carbocycles.